The fraction of sp³-hybridized carbons (Fsp3) is 0.750. The first kappa shape index (κ1) is 7.39. The first-order chi connectivity index (χ1) is 3.77. The summed E-state index contributed by atoms with van der Waals surface area (Å²) in [5.74, 6) is 0. The largest absolute Gasteiger partial charge is 0.357 e. The summed E-state index contributed by atoms with van der Waals surface area (Å²) < 4.78 is 0. The zero-order valence-corrected chi connectivity index (χ0v) is 4.79. The number of hydroxylamine groups is 2. The van der Waals surface area contributed by atoms with E-state index in [9.17, 15) is 4.79 Å². The minimum Gasteiger partial charge on any atom is -0.357 e. The molecule has 0 heterocycles. The third-order valence-electron chi connectivity index (χ3n) is 0.663. The number of rotatable bonds is 4. The Hall–Kier alpha value is -0.610. The van der Waals surface area contributed by atoms with E-state index in [0.29, 0.717) is 19.5 Å². The SMILES string of the molecule is CN(O)CCNC=O. The predicted molar refractivity (Wildman–Crippen MR) is 28.5 cm³/mol. The van der Waals surface area contributed by atoms with Crippen LogP contribution in [0, 0.1) is 0 Å². The Morgan fingerprint density at radius 2 is 2.50 bits per heavy atom. The second-order valence-corrected chi connectivity index (χ2v) is 1.45. The van der Waals surface area contributed by atoms with E-state index in [0.717, 1.165) is 5.06 Å². The van der Waals surface area contributed by atoms with Crippen LogP contribution in [0.4, 0.5) is 0 Å². The van der Waals surface area contributed by atoms with Crippen LogP contribution in [-0.4, -0.2) is 36.8 Å². The highest BCUT2D eigenvalue weighted by atomic mass is 16.5. The fourth-order valence-electron chi connectivity index (χ4n) is 0.285. The lowest BCUT2D eigenvalue weighted by Crippen LogP contribution is -2.25. The van der Waals surface area contributed by atoms with Gasteiger partial charge in [0, 0.05) is 20.1 Å². The van der Waals surface area contributed by atoms with E-state index >= 15 is 0 Å². The Kier molecular flexibility index (Phi) is 4.20. The van der Waals surface area contributed by atoms with E-state index in [1.165, 1.54) is 7.05 Å². The molecule has 0 radical (unpaired) electrons. The van der Waals surface area contributed by atoms with Crippen molar-refractivity contribution in [1.82, 2.24) is 10.4 Å². The Morgan fingerprint density at radius 3 is 2.88 bits per heavy atom. The van der Waals surface area contributed by atoms with Crippen LogP contribution in [0.25, 0.3) is 0 Å². The fourth-order valence-corrected chi connectivity index (χ4v) is 0.285. The van der Waals surface area contributed by atoms with Gasteiger partial charge in [-0.15, -0.1) is 0 Å². The summed E-state index contributed by atoms with van der Waals surface area (Å²) in [6.07, 6.45) is 0.601. The highest BCUT2D eigenvalue weighted by Gasteiger charge is 1.86. The van der Waals surface area contributed by atoms with Crippen LogP contribution in [0.2, 0.25) is 0 Å². The molecular weight excluding hydrogens is 108 g/mol. The van der Waals surface area contributed by atoms with Crippen molar-refractivity contribution in [2.24, 2.45) is 0 Å². The zero-order valence-electron chi connectivity index (χ0n) is 4.79. The van der Waals surface area contributed by atoms with Gasteiger partial charge in [-0.2, -0.15) is 5.06 Å². The van der Waals surface area contributed by atoms with Crippen molar-refractivity contribution in [3.05, 3.63) is 0 Å². The molecule has 4 heteroatoms. The molecule has 8 heavy (non-hydrogen) atoms. The highest BCUT2D eigenvalue weighted by Crippen LogP contribution is 1.66. The van der Waals surface area contributed by atoms with Crippen LogP contribution in [0.1, 0.15) is 0 Å². The van der Waals surface area contributed by atoms with Crippen LogP contribution in [0.5, 0.6) is 0 Å². The third kappa shape index (κ3) is 5.39. The van der Waals surface area contributed by atoms with Crippen molar-refractivity contribution >= 4 is 6.41 Å². The van der Waals surface area contributed by atoms with E-state index in [1.807, 2.05) is 0 Å². The topological polar surface area (TPSA) is 52.6 Å². The molecule has 48 valence electrons. The van der Waals surface area contributed by atoms with Crippen molar-refractivity contribution in [2.45, 2.75) is 0 Å². The van der Waals surface area contributed by atoms with E-state index in [-0.39, 0.29) is 0 Å². The molecule has 1 amide bonds. The second-order valence-electron chi connectivity index (χ2n) is 1.45. The average Bonchev–Trinajstić information content (AvgIpc) is 1.66. The molecule has 0 atom stereocenters. The van der Waals surface area contributed by atoms with Crippen LogP contribution < -0.4 is 5.32 Å². The standard InChI is InChI=1S/C4H10N2O2/c1-6(8)3-2-5-4-7/h4,8H,2-3H2,1H3,(H,5,7). The van der Waals surface area contributed by atoms with Crippen molar-refractivity contribution in [3.8, 4) is 0 Å². The second kappa shape index (κ2) is 4.55. The maximum atomic E-state index is 9.58. The summed E-state index contributed by atoms with van der Waals surface area (Å²) in [6.45, 7) is 0.940. The first-order valence-electron chi connectivity index (χ1n) is 2.34. The summed E-state index contributed by atoms with van der Waals surface area (Å²) >= 11 is 0. The lowest BCUT2D eigenvalue weighted by Gasteiger charge is -2.04. The Morgan fingerprint density at radius 1 is 1.88 bits per heavy atom. The van der Waals surface area contributed by atoms with Gasteiger partial charge in [0.25, 0.3) is 0 Å². The van der Waals surface area contributed by atoms with Crippen LogP contribution in [0.3, 0.4) is 0 Å². The van der Waals surface area contributed by atoms with Gasteiger partial charge in [-0.3, -0.25) is 4.79 Å². The maximum Gasteiger partial charge on any atom is 0.207 e. The van der Waals surface area contributed by atoms with Gasteiger partial charge in [-0.05, 0) is 0 Å². The molecule has 0 aromatic rings. The Labute approximate surface area is 48.1 Å². The predicted octanol–water partition coefficient (Wildman–Crippen LogP) is -0.947. The molecule has 0 rings (SSSR count). The van der Waals surface area contributed by atoms with E-state index in [4.69, 9.17) is 5.21 Å². The highest BCUT2D eigenvalue weighted by molar-refractivity contribution is 5.45. The molecule has 0 aliphatic heterocycles. The number of hydrogen-bond acceptors (Lipinski definition) is 3. The molecule has 2 N–H and O–H groups in total. The summed E-state index contributed by atoms with van der Waals surface area (Å²) in [7, 11) is 1.52. The van der Waals surface area contributed by atoms with Crippen LogP contribution >= 0.6 is 0 Å². The number of hydrogen-bond donors (Lipinski definition) is 2. The zero-order chi connectivity index (χ0) is 6.41. The number of nitrogens with one attached hydrogen (secondary N) is 1. The lowest BCUT2D eigenvalue weighted by atomic mass is 10.6. The molecule has 0 saturated heterocycles. The number of carbonyl (C=O) groups is 1. The minimum absolute atomic E-state index is 0.457. The Bertz CT molecular complexity index is 65.1. The minimum atomic E-state index is 0.457. The van der Waals surface area contributed by atoms with Crippen molar-refractivity contribution in [2.75, 3.05) is 20.1 Å². The summed E-state index contributed by atoms with van der Waals surface area (Å²) in [4.78, 5) is 9.58. The molecule has 0 bridgehead atoms. The lowest BCUT2D eigenvalue weighted by molar-refractivity contribution is -0.110. The van der Waals surface area contributed by atoms with Crippen LogP contribution in [0.15, 0.2) is 0 Å². The van der Waals surface area contributed by atoms with Gasteiger partial charge >= 0.3 is 0 Å². The van der Waals surface area contributed by atoms with Gasteiger partial charge in [0.2, 0.25) is 6.41 Å². The third-order valence-corrected chi connectivity index (χ3v) is 0.663. The number of nitrogens with zero attached hydrogens (tertiary/aromatic N) is 1. The number of likely N-dealkylation sites (N-methyl/N-ethyl adjacent to an activating group) is 1. The van der Waals surface area contributed by atoms with Gasteiger partial charge < -0.3 is 10.5 Å². The molecular formula is C4H10N2O2. The average molecular weight is 118 g/mol. The summed E-state index contributed by atoms with van der Waals surface area (Å²) in [5.41, 5.74) is 0. The number of amides is 1. The van der Waals surface area contributed by atoms with E-state index < -0.39 is 0 Å². The first-order valence-corrected chi connectivity index (χ1v) is 2.34. The quantitative estimate of drug-likeness (QED) is 0.284. The van der Waals surface area contributed by atoms with Crippen molar-refractivity contribution in [3.63, 3.8) is 0 Å². The smallest absolute Gasteiger partial charge is 0.207 e. The number of carbonyl (C=O) groups excluding carboxylic acids is 1. The monoisotopic (exact) mass is 118 g/mol. The molecule has 0 spiro atoms. The van der Waals surface area contributed by atoms with Gasteiger partial charge in [-0.1, -0.05) is 0 Å². The van der Waals surface area contributed by atoms with Gasteiger partial charge in [0.15, 0.2) is 0 Å². The van der Waals surface area contributed by atoms with Crippen molar-refractivity contribution in [1.29, 1.82) is 0 Å². The molecule has 0 fully saturated rings. The Balaban J connectivity index is 2.81. The van der Waals surface area contributed by atoms with Gasteiger partial charge in [-0.25, -0.2) is 0 Å². The van der Waals surface area contributed by atoms with E-state index in [1.54, 1.807) is 0 Å². The molecule has 4 nitrogen and oxygen atoms in total. The molecule has 0 saturated carbocycles. The maximum absolute atomic E-state index is 9.58. The van der Waals surface area contributed by atoms with E-state index in [2.05, 4.69) is 5.32 Å². The summed E-state index contributed by atoms with van der Waals surface area (Å²) in [5, 5.41) is 11.9. The molecule has 0 aromatic heterocycles. The van der Waals surface area contributed by atoms with Gasteiger partial charge in [0.05, 0.1) is 0 Å². The van der Waals surface area contributed by atoms with Crippen LogP contribution in [-0.2, 0) is 4.79 Å². The normalized spacial score (nSPS) is 9.38. The molecule has 0 aromatic carbocycles. The molecule has 0 aliphatic rings. The van der Waals surface area contributed by atoms with Gasteiger partial charge in [0.1, 0.15) is 0 Å². The molecule has 0 unspecified atom stereocenters. The van der Waals surface area contributed by atoms with Crippen molar-refractivity contribution < 1.29 is 10.0 Å². The summed E-state index contributed by atoms with van der Waals surface area (Å²) in [6, 6.07) is 0. The molecule has 0 aliphatic carbocycles.